The quantitative estimate of drug-likeness (QED) is 0.798. The molecule has 0 aliphatic carbocycles. The lowest BCUT2D eigenvalue weighted by Crippen LogP contribution is -2.32. The summed E-state index contributed by atoms with van der Waals surface area (Å²) in [4.78, 5) is 6.91. The molecule has 0 unspecified atom stereocenters. The molecule has 3 aromatic rings. The zero-order valence-corrected chi connectivity index (χ0v) is 15.0. The van der Waals surface area contributed by atoms with Crippen LogP contribution in [0.4, 0.5) is 5.82 Å². The van der Waals surface area contributed by atoms with Crippen molar-refractivity contribution in [1.29, 1.82) is 0 Å². The van der Waals surface area contributed by atoms with Gasteiger partial charge in [-0.1, -0.05) is 38.1 Å². The SMILES string of the molecule is Cc1ccccc1[C@@]1(O)CCN(c2cc(C(C)C)nc3ccnn23)C1. The number of anilines is 1. The molecule has 1 aromatic carbocycles. The number of hydrogen-bond donors (Lipinski definition) is 1. The van der Waals surface area contributed by atoms with Crippen LogP contribution in [0.5, 0.6) is 0 Å². The molecular formula is C20H24N4O. The number of rotatable bonds is 3. The highest BCUT2D eigenvalue weighted by Gasteiger charge is 2.39. The lowest BCUT2D eigenvalue weighted by atomic mass is 9.89. The molecule has 1 saturated heterocycles. The summed E-state index contributed by atoms with van der Waals surface area (Å²) in [7, 11) is 0. The summed E-state index contributed by atoms with van der Waals surface area (Å²) in [5.74, 6) is 1.35. The molecule has 5 heteroatoms. The van der Waals surface area contributed by atoms with Crippen molar-refractivity contribution in [3.8, 4) is 0 Å². The van der Waals surface area contributed by atoms with Gasteiger partial charge in [0.05, 0.1) is 12.7 Å². The maximum Gasteiger partial charge on any atom is 0.157 e. The predicted octanol–water partition coefficient (Wildman–Crippen LogP) is 3.26. The van der Waals surface area contributed by atoms with Crippen LogP contribution in [0.3, 0.4) is 0 Å². The van der Waals surface area contributed by atoms with Gasteiger partial charge in [0.2, 0.25) is 0 Å². The van der Waals surface area contributed by atoms with E-state index in [4.69, 9.17) is 0 Å². The number of aliphatic hydroxyl groups is 1. The first-order valence-electron chi connectivity index (χ1n) is 8.86. The molecule has 1 atom stereocenters. The lowest BCUT2D eigenvalue weighted by Gasteiger charge is -2.26. The van der Waals surface area contributed by atoms with Crippen LogP contribution in [0.2, 0.25) is 0 Å². The Labute approximate surface area is 147 Å². The Hall–Kier alpha value is -2.40. The van der Waals surface area contributed by atoms with E-state index in [1.54, 1.807) is 6.20 Å². The van der Waals surface area contributed by atoms with Crippen molar-refractivity contribution in [2.75, 3.05) is 18.0 Å². The summed E-state index contributed by atoms with van der Waals surface area (Å²) >= 11 is 0. The molecule has 5 nitrogen and oxygen atoms in total. The zero-order chi connectivity index (χ0) is 17.6. The van der Waals surface area contributed by atoms with Crippen LogP contribution in [-0.4, -0.2) is 32.8 Å². The number of β-amino-alcohol motifs (C(OH)–C–C–N with tert-alkyl or cyclic N) is 1. The normalized spacial score (nSPS) is 20.8. The van der Waals surface area contributed by atoms with Crippen LogP contribution < -0.4 is 4.90 Å². The standard InChI is InChI=1S/C20H24N4O/c1-14(2)17-12-19(24-18(22-17)8-10-21-24)23-11-9-20(25,13-23)16-7-5-4-6-15(16)3/h4-8,10,12,14,25H,9,11,13H2,1-3H3/t20-/m1/s1. The second kappa shape index (κ2) is 5.85. The van der Waals surface area contributed by atoms with Crippen LogP contribution in [0.1, 0.15) is 43.0 Å². The van der Waals surface area contributed by atoms with E-state index in [9.17, 15) is 5.11 Å². The van der Waals surface area contributed by atoms with Crippen LogP contribution in [0, 0.1) is 6.92 Å². The van der Waals surface area contributed by atoms with Crippen LogP contribution in [0.25, 0.3) is 5.65 Å². The van der Waals surface area contributed by atoms with Gasteiger partial charge in [-0.05, 0) is 30.4 Å². The van der Waals surface area contributed by atoms with Gasteiger partial charge in [0, 0.05) is 24.4 Å². The van der Waals surface area contributed by atoms with Gasteiger partial charge >= 0.3 is 0 Å². The van der Waals surface area contributed by atoms with Crippen molar-refractivity contribution in [2.24, 2.45) is 0 Å². The molecular weight excluding hydrogens is 312 g/mol. The van der Waals surface area contributed by atoms with E-state index in [0.717, 1.165) is 34.8 Å². The first kappa shape index (κ1) is 16.1. The summed E-state index contributed by atoms with van der Waals surface area (Å²) in [6.07, 6.45) is 2.49. The van der Waals surface area contributed by atoms with E-state index >= 15 is 0 Å². The van der Waals surface area contributed by atoms with Crippen LogP contribution in [-0.2, 0) is 5.60 Å². The van der Waals surface area contributed by atoms with Gasteiger partial charge in [0.25, 0.3) is 0 Å². The Morgan fingerprint density at radius 1 is 1.20 bits per heavy atom. The first-order chi connectivity index (χ1) is 12.0. The third kappa shape index (κ3) is 2.68. The highest BCUT2D eigenvalue weighted by atomic mass is 16.3. The van der Waals surface area contributed by atoms with E-state index in [2.05, 4.69) is 47.9 Å². The zero-order valence-electron chi connectivity index (χ0n) is 15.0. The monoisotopic (exact) mass is 336 g/mol. The second-order valence-electron chi connectivity index (χ2n) is 7.31. The van der Waals surface area contributed by atoms with Crippen LogP contribution in [0.15, 0.2) is 42.6 Å². The van der Waals surface area contributed by atoms with Crippen molar-refractivity contribution in [3.63, 3.8) is 0 Å². The fourth-order valence-corrected chi connectivity index (χ4v) is 3.74. The maximum atomic E-state index is 11.3. The third-order valence-electron chi connectivity index (χ3n) is 5.17. The van der Waals surface area contributed by atoms with Crippen LogP contribution >= 0.6 is 0 Å². The number of aryl methyl sites for hydroxylation is 1. The van der Waals surface area contributed by atoms with Crippen molar-refractivity contribution < 1.29 is 5.11 Å². The lowest BCUT2D eigenvalue weighted by molar-refractivity contribution is 0.0599. The second-order valence-corrected chi connectivity index (χ2v) is 7.31. The van der Waals surface area contributed by atoms with Gasteiger partial charge in [0.1, 0.15) is 11.4 Å². The Morgan fingerprint density at radius 2 is 2.00 bits per heavy atom. The number of fused-ring (bicyclic) bond motifs is 1. The maximum absolute atomic E-state index is 11.3. The van der Waals surface area contributed by atoms with E-state index in [-0.39, 0.29) is 0 Å². The molecule has 4 rings (SSSR count). The molecule has 0 radical (unpaired) electrons. The Balaban J connectivity index is 1.74. The van der Waals surface area contributed by atoms with E-state index in [1.807, 2.05) is 28.8 Å². The molecule has 1 N–H and O–H groups in total. The fraction of sp³-hybridized carbons (Fsp3) is 0.400. The first-order valence-corrected chi connectivity index (χ1v) is 8.86. The van der Waals surface area contributed by atoms with E-state index in [1.165, 1.54) is 0 Å². The van der Waals surface area contributed by atoms with Gasteiger partial charge in [-0.25, -0.2) is 4.98 Å². The van der Waals surface area contributed by atoms with Gasteiger partial charge in [-0.2, -0.15) is 9.61 Å². The van der Waals surface area contributed by atoms with E-state index < -0.39 is 5.60 Å². The Kier molecular flexibility index (Phi) is 3.76. The molecule has 1 aliphatic rings. The summed E-state index contributed by atoms with van der Waals surface area (Å²) in [5.41, 5.74) is 3.23. The number of aromatic nitrogens is 3. The molecule has 130 valence electrons. The summed E-state index contributed by atoms with van der Waals surface area (Å²) in [6.45, 7) is 7.71. The number of nitrogens with zero attached hydrogens (tertiary/aromatic N) is 4. The smallest absolute Gasteiger partial charge is 0.157 e. The third-order valence-corrected chi connectivity index (χ3v) is 5.17. The van der Waals surface area contributed by atoms with Gasteiger partial charge in [-0.15, -0.1) is 0 Å². The van der Waals surface area contributed by atoms with Crippen molar-refractivity contribution >= 4 is 11.5 Å². The molecule has 0 spiro atoms. The van der Waals surface area contributed by atoms with Crippen molar-refractivity contribution in [3.05, 3.63) is 59.4 Å². The molecule has 2 aromatic heterocycles. The highest BCUT2D eigenvalue weighted by molar-refractivity contribution is 5.53. The molecule has 1 aliphatic heterocycles. The average molecular weight is 336 g/mol. The topological polar surface area (TPSA) is 53.7 Å². The number of hydrogen-bond acceptors (Lipinski definition) is 4. The Bertz CT molecular complexity index is 917. The molecule has 0 bridgehead atoms. The molecule has 0 saturated carbocycles. The van der Waals surface area contributed by atoms with Gasteiger partial charge in [0.15, 0.2) is 5.65 Å². The van der Waals surface area contributed by atoms with Crippen molar-refractivity contribution in [1.82, 2.24) is 14.6 Å². The van der Waals surface area contributed by atoms with Gasteiger partial charge in [-0.3, -0.25) is 0 Å². The van der Waals surface area contributed by atoms with Crippen molar-refractivity contribution in [2.45, 2.75) is 38.7 Å². The minimum Gasteiger partial charge on any atom is -0.383 e. The number of benzene rings is 1. The fourth-order valence-electron chi connectivity index (χ4n) is 3.74. The summed E-state index contributed by atoms with van der Waals surface area (Å²) < 4.78 is 1.87. The molecule has 0 amide bonds. The predicted molar refractivity (Wildman–Crippen MR) is 99.0 cm³/mol. The summed E-state index contributed by atoms with van der Waals surface area (Å²) in [6, 6.07) is 12.1. The highest BCUT2D eigenvalue weighted by Crippen LogP contribution is 2.36. The Morgan fingerprint density at radius 3 is 2.76 bits per heavy atom. The minimum absolute atomic E-state index is 0.344. The molecule has 25 heavy (non-hydrogen) atoms. The van der Waals surface area contributed by atoms with E-state index in [0.29, 0.717) is 18.9 Å². The summed E-state index contributed by atoms with van der Waals surface area (Å²) in [5, 5.41) is 15.7. The minimum atomic E-state index is -0.827. The van der Waals surface area contributed by atoms with Gasteiger partial charge < -0.3 is 10.0 Å². The molecule has 1 fully saturated rings. The largest absolute Gasteiger partial charge is 0.383 e. The average Bonchev–Trinajstić information content (AvgIpc) is 3.21. The molecule has 3 heterocycles.